The molecule has 2 aromatic rings. The van der Waals surface area contributed by atoms with E-state index in [2.05, 4.69) is 64.6 Å². The molecule has 1 aliphatic rings. The summed E-state index contributed by atoms with van der Waals surface area (Å²) < 4.78 is 0. The molecule has 0 amide bonds. The number of nitrogens with zero attached hydrogens (tertiary/aromatic N) is 2. The highest BCUT2D eigenvalue weighted by Gasteiger charge is 2.13. The predicted octanol–water partition coefficient (Wildman–Crippen LogP) is 2.66. The van der Waals surface area contributed by atoms with E-state index in [-0.39, 0.29) is 0 Å². The van der Waals surface area contributed by atoms with Gasteiger partial charge in [0.05, 0.1) is 6.54 Å². The second-order valence-electron chi connectivity index (χ2n) is 5.14. The van der Waals surface area contributed by atoms with Crippen molar-refractivity contribution in [3.8, 4) is 0 Å². The Labute approximate surface area is 120 Å². The smallest absolute Gasteiger partial charge is 0.194 e. The van der Waals surface area contributed by atoms with Gasteiger partial charge in [0.1, 0.15) is 0 Å². The van der Waals surface area contributed by atoms with Gasteiger partial charge in [-0.25, -0.2) is 0 Å². The summed E-state index contributed by atoms with van der Waals surface area (Å²) in [5, 5.41) is 6.08. The van der Waals surface area contributed by atoms with Crippen molar-refractivity contribution >= 4 is 16.7 Å². The molecule has 20 heavy (non-hydrogen) atoms. The van der Waals surface area contributed by atoms with Crippen LogP contribution >= 0.6 is 0 Å². The number of aliphatic imine (C=N–C) groups is 1. The van der Waals surface area contributed by atoms with Crippen LogP contribution in [0.15, 0.2) is 47.5 Å². The largest absolute Gasteiger partial charge is 0.356 e. The molecule has 1 N–H and O–H groups in total. The first-order valence-electron chi connectivity index (χ1n) is 7.38. The average molecular weight is 267 g/mol. The Morgan fingerprint density at radius 1 is 1.15 bits per heavy atom. The van der Waals surface area contributed by atoms with Gasteiger partial charge in [0.15, 0.2) is 5.96 Å². The normalized spacial score (nSPS) is 14.7. The third kappa shape index (κ3) is 2.77. The number of benzene rings is 2. The Hall–Kier alpha value is -2.03. The second-order valence-corrected chi connectivity index (χ2v) is 5.14. The van der Waals surface area contributed by atoms with Crippen LogP contribution < -0.4 is 5.32 Å². The Balaban J connectivity index is 1.60. The first-order valence-corrected chi connectivity index (χ1v) is 7.38. The first-order chi connectivity index (χ1) is 9.86. The Morgan fingerprint density at radius 3 is 2.85 bits per heavy atom. The van der Waals surface area contributed by atoms with E-state index in [0.29, 0.717) is 0 Å². The van der Waals surface area contributed by atoms with Crippen LogP contribution in [0, 0.1) is 0 Å². The molecule has 0 fully saturated rings. The van der Waals surface area contributed by atoms with Crippen molar-refractivity contribution < 1.29 is 0 Å². The summed E-state index contributed by atoms with van der Waals surface area (Å²) >= 11 is 0. The molecule has 0 saturated heterocycles. The van der Waals surface area contributed by atoms with E-state index in [1.165, 1.54) is 16.3 Å². The number of fused-ring (bicyclic) bond motifs is 1. The average Bonchev–Trinajstić information content (AvgIpc) is 2.95. The number of likely N-dealkylation sites (N-methyl/N-ethyl adjacent to an activating group) is 1. The predicted molar refractivity (Wildman–Crippen MR) is 85.2 cm³/mol. The summed E-state index contributed by atoms with van der Waals surface area (Å²) in [6, 6.07) is 15.2. The third-order valence-electron chi connectivity index (χ3n) is 3.82. The van der Waals surface area contributed by atoms with E-state index in [0.717, 1.165) is 38.6 Å². The van der Waals surface area contributed by atoms with Crippen molar-refractivity contribution in [3.63, 3.8) is 0 Å². The van der Waals surface area contributed by atoms with Gasteiger partial charge in [-0.05, 0) is 29.7 Å². The van der Waals surface area contributed by atoms with Crippen molar-refractivity contribution in [2.24, 2.45) is 4.99 Å². The van der Waals surface area contributed by atoms with Crippen molar-refractivity contribution in [2.75, 3.05) is 26.2 Å². The second kappa shape index (κ2) is 5.95. The molecule has 104 valence electrons. The molecule has 0 spiro atoms. The van der Waals surface area contributed by atoms with Gasteiger partial charge in [0.2, 0.25) is 0 Å². The zero-order valence-electron chi connectivity index (χ0n) is 12.0. The maximum Gasteiger partial charge on any atom is 0.194 e. The van der Waals surface area contributed by atoms with Crippen LogP contribution in [0.2, 0.25) is 0 Å². The highest BCUT2D eigenvalue weighted by molar-refractivity contribution is 5.83. The van der Waals surface area contributed by atoms with Gasteiger partial charge >= 0.3 is 0 Å². The lowest BCUT2D eigenvalue weighted by Crippen LogP contribution is -2.39. The summed E-state index contributed by atoms with van der Waals surface area (Å²) in [4.78, 5) is 6.79. The lowest BCUT2D eigenvalue weighted by Gasteiger charge is -2.18. The van der Waals surface area contributed by atoms with E-state index >= 15 is 0 Å². The number of rotatable bonds is 4. The van der Waals surface area contributed by atoms with Crippen LogP contribution in [0.25, 0.3) is 10.8 Å². The number of hydrogen-bond donors (Lipinski definition) is 1. The van der Waals surface area contributed by atoms with Crippen LogP contribution in [-0.2, 0) is 6.42 Å². The molecule has 1 aliphatic heterocycles. The van der Waals surface area contributed by atoms with E-state index in [9.17, 15) is 0 Å². The monoisotopic (exact) mass is 267 g/mol. The molecule has 0 unspecified atom stereocenters. The zero-order chi connectivity index (χ0) is 13.8. The van der Waals surface area contributed by atoms with Gasteiger partial charge in [-0.1, -0.05) is 42.5 Å². The van der Waals surface area contributed by atoms with Crippen molar-refractivity contribution in [3.05, 3.63) is 48.0 Å². The molecule has 3 rings (SSSR count). The van der Waals surface area contributed by atoms with Gasteiger partial charge in [-0.15, -0.1) is 0 Å². The SMILES string of the molecule is CCN1CCN=C1NCCc1ccc2ccccc2c1. The molecule has 0 radical (unpaired) electrons. The van der Waals surface area contributed by atoms with E-state index in [1.54, 1.807) is 0 Å². The standard InChI is InChI=1S/C17H21N3/c1-2-20-12-11-19-17(20)18-10-9-14-7-8-15-5-3-4-6-16(15)13-14/h3-8,13H,2,9-12H2,1H3,(H,18,19). The van der Waals surface area contributed by atoms with Crippen LogP contribution in [-0.4, -0.2) is 37.0 Å². The van der Waals surface area contributed by atoms with Gasteiger partial charge in [-0.2, -0.15) is 0 Å². The molecule has 0 bridgehead atoms. The number of hydrogen-bond acceptors (Lipinski definition) is 3. The first kappa shape index (κ1) is 13.0. The fraction of sp³-hybridized carbons (Fsp3) is 0.353. The van der Waals surface area contributed by atoms with Gasteiger partial charge in [0.25, 0.3) is 0 Å². The zero-order valence-corrected chi connectivity index (χ0v) is 12.0. The minimum atomic E-state index is 0.923. The molecular formula is C17H21N3. The highest BCUT2D eigenvalue weighted by Crippen LogP contribution is 2.15. The van der Waals surface area contributed by atoms with Gasteiger partial charge < -0.3 is 10.2 Å². The van der Waals surface area contributed by atoms with Crippen molar-refractivity contribution in [1.29, 1.82) is 0 Å². The summed E-state index contributed by atoms with van der Waals surface area (Å²) in [7, 11) is 0. The molecule has 0 atom stereocenters. The molecular weight excluding hydrogens is 246 g/mol. The van der Waals surface area contributed by atoms with E-state index in [4.69, 9.17) is 0 Å². The van der Waals surface area contributed by atoms with Crippen LogP contribution in [0.4, 0.5) is 0 Å². The van der Waals surface area contributed by atoms with Gasteiger partial charge in [-0.3, -0.25) is 4.99 Å². The minimum absolute atomic E-state index is 0.923. The molecule has 1 heterocycles. The molecule has 0 saturated carbocycles. The number of guanidine groups is 1. The van der Waals surface area contributed by atoms with Crippen LogP contribution in [0.5, 0.6) is 0 Å². The fourth-order valence-corrected chi connectivity index (χ4v) is 2.67. The highest BCUT2D eigenvalue weighted by atomic mass is 15.3. The van der Waals surface area contributed by atoms with Gasteiger partial charge in [0, 0.05) is 19.6 Å². The fourth-order valence-electron chi connectivity index (χ4n) is 2.67. The summed E-state index contributed by atoms with van der Waals surface area (Å²) in [6.45, 7) is 6.11. The number of nitrogens with one attached hydrogen (secondary N) is 1. The molecule has 3 nitrogen and oxygen atoms in total. The summed E-state index contributed by atoms with van der Waals surface area (Å²) in [5.41, 5.74) is 1.37. The Bertz CT molecular complexity index is 618. The Morgan fingerprint density at radius 2 is 2.00 bits per heavy atom. The van der Waals surface area contributed by atoms with E-state index in [1.807, 2.05) is 0 Å². The van der Waals surface area contributed by atoms with Crippen molar-refractivity contribution in [1.82, 2.24) is 10.2 Å². The summed E-state index contributed by atoms with van der Waals surface area (Å²) in [5.74, 6) is 1.06. The lowest BCUT2D eigenvalue weighted by atomic mass is 10.1. The minimum Gasteiger partial charge on any atom is -0.356 e. The molecule has 2 aromatic carbocycles. The molecule has 0 aromatic heterocycles. The van der Waals surface area contributed by atoms with Crippen molar-refractivity contribution in [2.45, 2.75) is 13.3 Å². The maximum atomic E-state index is 4.50. The third-order valence-corrected chi connectivity index (χ3v) is 3.82. The van der Waals surface area contributed by atoms with Crippen LogP contribution in [0.1, 0.15) is 12.5 Å². The molecule has 3 heteroatoms. The van der Waals surface area contributed by atoms with Crippen LogP contribution in [0.3, 0.4) is 0 Å². The topological polar surface area (TPSA) is 27.6 Å². The maximum absolute atomic E-state index is 4.50. The quantitative estimate of drug-likeness (QED) is 0.922. The molecule has 0 aliphatic carbocycles. The van der Waals surface area contributed by atoms with E-state index < -0.39 is 0 Å². The lowest BCUT2D eigenvalue weighted by molar-refractivity contribution is 0.467. The summed E-state index contributed by atoms with van der Waals surface area (Å²) in [6.07, 6.45) is 1.03. The Kier molecular flexibility index (Phi) is 3.86.